The highest BCUT2D eigenvalue weighted by Crippen LogP contribution is 2.25. The zero-order valence-corrected chi connectivity index (χ0v) is 15.8. The van der Waals surface area contributed by atoms with Gasteiger partial charge in [-0.05, 0) is 36.4 Å². The van der Waals surface area contributed by atoms with Gasteiger partial charge in [0.25, 0.3) is 5.91 Å². The van der Waals surface area contributed by atoms with Gasteiger partial charge in [0.2, 0.25) is 0 Å². The van der Waals surface area contributed by atoms with Crippen molar-refractivity contribution in [2.45, 2.75) is 6.54 Å². The fraction of sp³-hybridized carbons (Fsp3) is 0.105. The van der Waals surface area contributed by atoms with Crippen LogP contribution in [0.3, 0.4) is 0 Å². The van der Waals surface area contributed by atoms with Gasteiger partial charge in [-0.1, -0.05) is 0 Å². The van der Waals surface area contributed by atoms with Crippen molar-refractivity contribution in [3.8, 4) is 22.1 Å². The highest BCUT2D eigenvalue weighted by atomic mass is 32.1. The molecule has 4 rings (SSSR count). The van der Waals surface area contributed by atoms with E-state index in [1.165, 1.54) is 11.3 Å². The fourth-order valence-electron chi connectivity index (χ4n) is 2.49. The third kappa shape index (κ3) is 3.89. The number of carbonyl (C=O) groups is 1. The molecule has 0 bridgehead atoms. The first-order valence-corrected chi connectivity index (χ1v) is 9.30. The molecule has 0 atom stereocenters. The summed E-state index contributed by atoms with van der Waals surface area (Å²) in [5.74, 6) is 1.09. The maximum absolute atomic E-state index is 12.3. The smallest absolute Gasteiger partial charge is 0.272 e. The molecule has 0 spiro atoms. The molecule has 0 aliphatic carbocycles. The van der Waals surface area contributed by atoms with Gasteiger partial charge in [0.1, 0.15) is 17.1 Å². The van der Waals surface area contributed by atoms with E-state index >= 15 is 0 Å². The van der Waals surface area contributed by atoms with Crippen LogP contribution >= 0.6 is 11.3 Å². The van der Waals surface area contributed by atoms with Crippen molar-refractivity contribution in [1.82, 2.24) is 30.0 Å². The number of ether oxygens (including phenoxy) is 1. The molecule has 1 amide bonds. The lowest BCUT2D eigenvalue weighted by Crippen LogP contribution is -2.24. The standard InChI is InChI=1S/C19H16N6O2S/c1-27-15-4-2-13(3-5-15)19-22-14(11-28-19)10-21-18(26)16-6-7-17(24-23-16)25-9-8-20-12-25/h2-9,11-12H,10H2,1H3,(H,21,26). The van der Waals surface area contributed by atoms with E-state index in [9.17, 15) is 4.79 Å². The largest absolute Gasteiger partial charge is 0.497 e. The molecule has 0 radical (unpaired) electrons. The van der Waals surface area contributed by atoms with Crippen LogP contribution < -0.4 is 10.1 Å². The molecule has 0 fully saturated rings. The van der Waals surface area contributed by atoms with E-state index in [4.69, 9.17) is 4.74 Å². The highest BCUT2D eigenvalue weighted by molar-refractivity contribution is 7.13. The van der Waals surface area contributed by atoms with Gasteiger partial charge < -0.3 is 10.1 Å². The number of aromatic nitrogens is 5. The molecular formula is C19H16N6O2S. The predicted molar refractivity (Wildman–Crippen MR) is 104 cm³/mol. The number of carbonyl (C=O) groups excluding carboxylic acids is 1. The number of imidazole rings is 1. The monoisotopic (exact) mass is 392 g/mol. The Morgan fingerprint density at radius 1 is 1.18 bits per heavy atom. The Balaban J connectivity index is 1.37. The summed E-state index contributed by atoms with van der Waals surface area (Å²) in [6.07, 6.45) is 5.02. The number of amides is 1. The lowest BCUT2D eigenvalue weighted by atomic mass is 10.2. The summed E-state index contributed by atoms with van der Waals surface area (Å²) in [4.78, 5) is 20.8. The fourth-order valence-corrected chi connectivity index (χ4v) is 3.32. The van der Waals surface area contributed by atoms with Crippen LogP contribution in [0.15, 0.2) is 60.5 Å². The summed E-state index contributed by atoms with van der Waals surface area (Å²) in [5, 5.41) is 13.6. The maximum Gasteiger partial charge on any atom is 0.272 e. The van der Waals surface area contributed by atoms with Crippen LogP contribution in [0.2, 0.25) is 0 Å². The molecule has 0 aliphatic heterocycles. The minimum absolute atomic E-state index is 0.245. The molecule has 3 aromatic heterocycles. The van der Waals surface area contributed by atoms with Gasteiger partial charge in [0, 0.05) is 23.3 Å². The normalized spacial score (nSPS) is 10.6. The minimum atomic E-state index is -0.302. The summed E-state index contributed by atoms with van der Waals surface area (Å²) in [6, 6.07) is 11.0. The molecule has 28 heavy (non-hydrogen) atoms. The van der Waals surface area contributed by atoms with Gasteiger partial charge in [0.15, 0.2) is 11.5 Å². The lowest BCUT2D eigenvalue weighted by Gasteiger charge is -2.04. The summed E-state index contributed by atoms with van der Waals surface area (Å²) >= 11 is 1.52. The molecule has 4 aromatic rings. The Hall–Kier alpha value is -3.59. The van der Waals surface area contributed by atoms with Crippen LogP contribution in [0, 0.1) is 0 Å². The second-order valence-electron chi connectivity index (χ2n) is 5.80. The van der Waals surface area contributed by atoms with Crippen molar-refractivity contribution in [3.05, 3.63) is 71.9 Å². The SMILES string of the molecule is COc1ccc(-c2nc(CNC(=O)c3ccc(-n4ccnc4)nn3)cs2)cc1. The van der Waals surface area contributed by atoms with Crippen molar-refractivity contribution in [1.29, 1.82) is 0 Å². The number of hydrogen-bond donors (Lipinski definition) is 1. The van der Waals surface area contributed by atoms with Gasteiger partial charge >= 0.3 is 0 Å². The van der Waals surface area contributed by atoms with Crippen molar-refractivity contribution in [3.63, 3.8) is 0 Å². The molecule has 3 heterocycles. The van der Waals surface area contributed by atoms with Crippen LogP contribution in [0.5, 0.6) is 5.75 Å². The van der Waals surface area contributed by atoms with Crippen molar-refractivity contribution in [2.24, 2.45) is 0 Å². The molecule has 8 nitrogen and oxygen atoms in total. The second-order valence-corrected chi connectivity index (χ2v) is 6.66. The molecule has 0 saturated carbocycles. The van der Waals surface area contributed by atoms with E-state index in [0.717, 1.165) is 22.0 Å². The number of hydrogen-bond acceptors (Lipinski definition) is 7. The average molecular weight is 392 g/mol. The first-order valence-electron chi connectivity index (χ1n) is 8.42. The van der Waals surface area contributed by atoms with E-state index in [0.29, 0.717) is 12.4 Å². The number of rotatable bonds is 6. The second kappa shape index (κ2) is 7.97. The maximum atomic E-state index is 12.3. The van der Waals surface area contributed by atoms with Crippen LogP contribution in [-0.2, 0) is 6.54 Å². The topological polar surface area (TPSA) is 94.8 Å². The number of nitrogens with zero attached hydrogens (tertiary/aromatic N) is 5. The Morgan fingerprint density at radius 3 is 2.71 bits per heavy atom. The van der Waals surface area contributed by atoms with E-state index in [-0.39, 0.29) is 11.6 Å². The lowest BCUT2D eigenvalue weighted by molar-refractivity contribution is 0.0944. The summed E-state index contributed by atoms with van der Waals surface area (Å²) in [7, 11) is 1.63. The molecule has 1 N–H and O–H groups in total. The zero-order valence-electron chi connectivity index (χ0n) is 14.9. The van der Waals surface area contributed by atoms with Crippen LogP contribution in [-0.4, -0.2) is 37.7 Å². The van der Waals surface area contributed by atoms with Gasteiger partial charge in [-0.2, -0.15) is 0 Å². The van der Waals surface area contributed by atoms with Gasteiger partial charge in [-0.3, -0.25) is 9.36 Å². The Labute approximate surface area is 164 Å². The van der Waals surface area contributed by atoms with Gasteiger partial charge in [-0.25, -0.2) is 9.97 Å². The number of methoxy groups -OCH3 is 1. The van der Waals surface area contributed by atoms with Crippen LogP contribution in [0.1, 0.15) is 16.2 Å². The zero-order chi connectivity index (χ0) is 19.3. The molecule has 0 unspecified atom stereocenters. The third-order valence-electron chi connectivity index (χ3n) is 3.97. The van der Waals surface area contributed by atoms with E-state index in [2.05, 4.69) is 25.5 Å². The Morgan fingerprint density at radius 2 is 2.04 bits per heavy atom. The highest BCUT2D eigenvalue weighted by Gasteiger charge is 2.10. The molecule has 140 valence electrons. The predicted octanol–water partition coefficient (Wildman–Crippen LogP) is 2.72. The first kappa shape index (κ1) is 17.8. The molecule has 0 saturated heterocycles. The van der Waals surface area contributed by atoms with Gasteiger partial charge in [-0.15, -0.1) is 21.5 Å². The Kier molecular flexibility index (Phi) is 5.07. The first-order chi connectivity index (χ1) is 13.7. The van der Waals surface area contributed by atoms with E-state index in [1.807, 2.05) is 29.6 Å². The molecule has 9 heteroatoms. The number of thiazole rings is 1. The van der Waals surface area contributed by atoms with Crippen LogP contribution in [0.25, 0.3) is 16.4 Å². The quantitative estimate of drug-likeness (QED) is 0.542. The third-order valence-corrected chi connectivity index (χ3v) is 4.91. The summed E-state index contributed by atoms with van der Waals surface area (Å²) in [5.41, 5.74) is 2.03. The number of nitrogens with one attached hydrogen (secondary N) is 1. The summed E-state index contributed by atoms with van der Waals surface area (Å²) in [6.45, 7) is 0.316. The molecule has 0 aliphatic rings. The van der Waals surface area contributed by atoms with E-state index in [1.54, 1.807) is 42.5 Å². The molecular weight excluding hydrogens is 376 g/mol. The van der Waals surface area contributed by atoms with Crippen molar-refractivity contribution in [2.75, 3.05) is 7.11 Å². The van der Waals surface area contributed by atoms with E-state index < -0.39 is 0 Å². The van der Waals surface area contributed by atoms with Gasteiger partial charge in [0.05, 0.1) is 19.3 Å². The minimum Gasteiger partial charge on any atom is -0.497 e. The Bertz CT molecular complexity index is 1060. The average Bonchev–Trinajstić information content (AvgIpc) is 3.44. The van der Waals surface area contributed by atoms with Crippen molar-refractivity contribution < 1.29 is 9.53 Å². The molecule has 1 aromatic carbocycles. The number of benzene rings is 1. The van der Waals surface area contributed by atoms with Crippen molar-refractivity contribution >= 4 is 17.2 Å². The van der Waals surface area contributed by atoms with Crippen LogP contribution in [0.4, 0.5) is 0 Å². The summed E-state index contributed by atoms with van der Waals surface area (Å²) < 4.78 is 6.88.